The molecule has 0 amide bonds. The van der Waals surface area contributed by atoms with Gasteiger partial charge in [-0.1, -0.05) is 13.3 Å². The minimum absolute atomic E-state index is 0.956. The van der Waals surface area contributed by atoms with E-state index < -0.39 is 0 Å². The van der Waals surface area contributed by atoms with Crippen LogP contribution in [0.25, 0.3) is 0 Å². The lowest BCUT2D eigenvalue weighted by Crippen LogP contribution is -2.21. The van der Waals surface area contributed by atoms with E-state index in [0.717, 1.165) is 18.7 Å². The molecule has 0 aliphatic rings. The average molecular weight is 138 g/mol. The number of aliphatic imine (C=N–C) groups is 1. The summed E-state index contributed by atoms with van der Waals surface area (Å²) < 4.78 is 0. The molecule has 0 aromatic heterocycles. The van der Waals surface area contributed by atoms with E-state index in [2.05, 4.69) is 18.0 Å². The minimum Gasteiger partial charge on any atom is -0.366 e. The van der Waals surface area contributed by atoms with Crippen LogP contribution in [0.3, 0.4) is 0 Å². The zero-order chi connectivity index (χ0) is 7.98. The van der Waals surface area contributed by atoms with Crippen LogP contribution in [0.5, 0.6) is 0 Å². The first-order valence-electron chi connectivity index (χ1n) is 3.41. The molecule has 0 spiro atoms. The topological polar surface area (TPSA) is 15.6 Å². The maximum absolute atomic E-state index is 5.03. The van der Waals surface area contributed by atoms with Crippen LogP contribution < -0.4 is 0 Å². The van der Waals surface area contributed by atoms with Crippen LogP contribution in [0.2, 0.25) is 0 Å². The summed E-state index contributed by atoms with van der Waals surface area (Å²) in [4.78, 5) is 5.83. The number of amidine groups is 1. The van der Waals surface area contributed by atoms with Crippen LogP contribution in [-0.2, 0) is 0 Å². The Kier molecular flexibility index (Phi) is 4.39. The molecular formula is C8H14N2. The second-order valence-corrected chi connectivity index (χ2v) is 2.30. The maximum Gasteiger partial charge on any atom is 0.114 e. The van der Waals surface area contributed by atoms with E-state index in [9.17, 15) is 0 Å². The Balaban J connectivity index is 4.01. The molecule has 0 rings (SSSR count). The van der Waals surface area contributed by atoms with Gasteiger partial charge in [0.15, 0.2) is 0 Å². The third-order valence-corrected chi connectivity index (χ3v) is 1.18. The van der Waals surface area contributed by atoms with Gasteiger partial charge in [0, 0.05) is 26.6 Å². The van der Waals surface area contributed by atoms with E-state index in [1.54, 1.807) is 0 Å². The number of hydrogen-bond acceptors (Lipinski definition) is 1. The van der Waals surface area contributed by atoms with Crippen molar-refractivity contribution in [2.45, 2.75) is 19.8 Å². The molecule has 0 atom stereocenters. The molecule has 0 aromatic rings. The quantitative estimate of drug-likeness (QED) is 0.319. The molecule has 0 bridgehead atoms. The zero-order valence-electron chi connectivity index (χ0n) is 6.89. The highest BCUT2D eigenvalue weighted by Gasteiger charge is 1.97. The van der Waals surface area contributed by atoms with Crippen LogP contribution in [-0.4, -0.2) is 24.8 Å². The van der Waals surface area contributed by atoms with Crippen molar-refractivity contribution in [3.63, 3.8) is 0 Å². The molecule has 0 aliphatic heterocycles. The van der Waals surface area contributed by atoms with Crippen molar-refractivity contribution in [1.82, 2.24) is 4.90 Å². The van der Waals surface area contributed by atoms with Crippen molar-refractivity contribution in [3.8, 4) is 12.5 Å². The van der Waals surface area contributed by atoms with Gasteiger partial charge in [-0.25, -0.2) is 0 Å². The van der Waals surface area contributed by atoms with Gasteiger partial charge in [-0.15, -0.1) is 0 Å². The lowest BCUT2D eigenvalue weighted by Gasteiger charge is -2.12. The molecule has 0 aromatic carbocycles. The molecule has 0 aliphatic carbocycles. The van der Waals surface area contributed by atoms with E-state index in [1.165, 1.54) is 0 Å². The number of terminal acetylenes is 1. The summed E-state index contributed by atoms with van der Waals surface area (Å²) in [5, 5.41) is 0. The smallest absolute Gasteiger partial charge is 0.114 e. The summed E-state index contributed by atoms with van der Waals surface area (Å²) in [6, 6.07) is 2.28. The molecule has 2 heteroatoms. The van der Waals surface area contributed by atoms with Crippen molar-refractivity contribution in [1.29, 1.82) is 0 Å². The van der Waals surface area contributed by atoms with Crippen LogP contribution in [0.4, 0.5) is 0 Å². The molecule has 0 saturated carbocycles. The molecule has 0 unspecified atom stereocenters. The highest BCUT2D eigenvalue weighted by Crippen LogP contribution is 1.94. The second-order valence-electron chi connectivity index (χ2n) is 2.30. The summed E-state index contributed by atoms with van der Waals surface area (Å²) in [5.41, 5.74) is 0. The summed E-state index contributed by atoms with van der Waals surface area (Å²) in [5.74, 6) is 0.977. The van der Waals surface area contributed by atoms with E-state index >= 15 is 0 Å². The van der Waals surface area contributed by atoms with Gasteiger partial charge < -0.3 is 4.90 Å². The molecule has 2 nitrogen and oxygen atoms in total. The van der Waals surface area contributed by atoms with Crippen molar-refractivity contribution >= 4 is 5.84 Å². The molecule has 0 heterocycles. The van der Waals surface area contributed by atoms with Gasteiger partial charge in [-0.3, -0.25) is 0 Å². The first kappa shape index (κ1) is 9.03. The standard InChI is InChI=1S/C8H14N2/c1-5-7-8(9-6-2)10(3)4/h2H,5,7H2,1,3-4H3. The fraction of sp³-hybridized carbons (Fsp3) is 0.625. The molecular weight excluding hydrogens is 124 g/mol. The monoisotopic (exact) mass is 138 g/mol. The fourth-order valence-corrected chi connectivity index (χ4v) is 0.678. The van der Waals surface area contributed by atoms with E-state index in [0.29, 0.717) is 0 Å². The normalized spacial score (nSPS) is 10.8. The third kappa shape index (κ3) is 3.13. The Morgan fingerprint density at radius 3 is 2.50 bits per heavy atom. The van der Waals surface area contributed by atoms with Crippen LogP contribution in [0, 0.1) is 12.5 Å². The molecule has 56 valence electrons. The van der Waals surface area contributed by atoms with Gasteiger partial charge in [-0.05, 0) is 6.42 Å². The van der Waals surface area contributed by atoms with E-state index in [4.69, 9.17) is 6.42 Å². The average Bonchev–Trinajstić information content (AvgIpc) is 1.87. The minimum atomic E-state index is 0.956. The van der Waals surface area contributed by atoms with E-state index in [-0.39, 0.29) is 0 Å². The third-order valence-electron chi connectivity index (χ3n) is 1.18. The highest BCUT2D eigenvalue weighted by molar-refractivity contribution is 5.82. The van der Waals surface area contributed by atoms with E-state index in [1.807, 2.05) is 19.0 Å². The molecule has 10 heavy (non-hydrogen) atoms. The van der Waals surface area contributed by atoms with Gasteiger partial charge in [-0.2, -0.15) is 4.99 Å². The largest absolute Gasteiger partial charge is 0.366 e. The summed E-state index contributed by atoms with van der Waals surface area (Å²) in [6.07, 6.45) is 7.07. The number of hydrogen-bond donors (Lipinski definition) is 0. The predicted octanol–water partition coefficient (Wildman–Crippen LogP) is 1.34. The van der Waals surface area contributed by atoms with Crippen molar-refractivity contribution in [2.75, 3.05) is 14.1 Å². The Bertz CT molecular complexity index is 151. The molecule has 0 N–H and O–H groups in total. The van der Waals surface area contributed by atoms with Crippen LogP contribution in [0.1, 0.15) is 19.8 Å². The highest BCUT2D eigenvalue weighted by atomic mass is 15.1. The van der Waals surface area contributed by atoms with Gasteiger partial charge in [0.1, 0.15) is 5.84 Å². The SMILES string of the molecule is C#CN=C(CCC)N(C)C. The summed E-state index contributed by atoms with van der Waals surface area (Å²) >= 11 is 0. The van der Waals surface area contributed by atoms with Crippen LogP contribution in [0.15, 0.2) is 4.99 Å². The fourth-order valence-electron chi connectivity index (χ4n) is 0.678. The summed E-state index contributed by atoms with van der Waals surface area (Å²) in [7, 11) is 3.90. The van der Waals surface area contributed by atoms with Crippen molar-refractivity contribution in [3.05, 3.63) is 0 Å². The lowest BCUT2D eigenvalue weighted by molar-refractivity contribution is 0.601. The maximum atomic E-state index is 5.03. The summed E-state index contributed by atoms with van der Waals surface area (Å²) in [6.45, 7) is 2.11. The van der Waals surface area contributed by atoms with Gasteiger partial charge >= 0.3 is 0 Å². The van der Waals surface area contributed by atoms with Gasteiger partial charge in [0.2, 0.25) is 0 Å². The van der Waals surface area contributed by atoms with Gasteiger partial charge in [0.25, 0.3) is 0 Å². The Labute approximate surface area is 62.9 Å². The zero-order valence-corrected chi connectivity index (χ0v) is 6.89. The van der Waals surface area contributed by atoms with Gasteiger partial charge in [0.05, 0.1) is 0 Å². The lowest BCUT2D eigenvalue weighted by atomic mass is 10.3. The van der Waals surface area contributed by atoms with Crippen molar-refractivity contribution in [2.24, 2.45) is 4.99 Å². The van der Waals surface area contributed by atoms with Crippen LogP contribution >= 0.6 is 0 Å². The predicted molar refractivity (Wildman–Crippen MR) is 44.9 cm³/mol. The molecule has 0 fully saturated rings. The molecule has 0 radical (unpaired) electrons. The Hall–Kier alpha value is -0.970. The Morgan fingerprint density at radius 1 is 1.60 bits per heavy atom. The number of rotatable bonds is 2. The number of nitrogens with zero attached hydrogens (tertiary/aromatic N) is 2. The second kappa shape index (κ2) is 4.87. The Morgan fingerprint density at radius 2 is 2.20 bits per heavy atom. The first-order valence-corrected chi connectivity index (χ1v) is 3.41. The van der Waals surface area contributed by atoms with Crippen molar-refractivity contribution < 1.29 is 0 Å². The molecule has 0 saturated heterocycles. The first-order chi connectivity index (χ1) is 4.72.